The number of ether oxygens (including phenoxy) is 1. The van der Waals surface area contributed by atoms with Crippen LogP contribution in [0.3, 0.4) is 0 Å². The van der Waals surface area contributed by atoms with E-state index >= 15 is 0 Å². The number of hydrogen-bond acceptors (Lipinski definition) is 5. The van der Waals surface area contributed by atoms with Crippen LogP contribution in [0.15, 0.2) is 21.7 Å². The number of carboxylic acids is 1. The molecular weight excluding hydrogens is 278 g/mol. The van der Waals surface area contributed by atoms with Gasteiger partial charge >= 0.3 is 5.97 Å². The van der Waals surface area contributed by atoms with E-state index in [0.717, 1.165) is 0 Å². The van der Waals surface area contributed by atoms with Crippen LogP contribution in [0.25, 0.3) is 0 Å². The zero-order valence-corrected chi connectivity index (χ0v) is 11.1. The van der Waals surface area contributed by atoms with Crippen LogP contribution < -0.4 is 4.72 Å². The SMILES string of the molecule is O=C(O)C1(NS(=O)(=O)c2ccsc2)CCOCC1. The van der Waals surface area contributed by atoms with Crippen molar-refractivity contribution in [3.63, 3.8) is 0 Å². The lowest BCUT2D eigenvalue weighted by Gasteiger charge is -2.33. The second-order valence-corrected chi connectivity index (χ2v) is 6.53. The van der Waals surface area contributed by atoms with Crippen molar-refractivity contribution < 1.29 is 23.1 Å². The molecule has 2 N–H and O–H groups in total. The fraction of sp³-hybridized carbons (Fsp3) is 0.500. The minimum Gasteiger partial charge on any atom is -0.480 e. The normalized spacial score (nSPS) is 19.6. The summed E-state index contributed by atoms with van der Waals surface area (Å²) in [6.45, 7) is 0.469. The van der Waals surface area contributed by atoms with Gasteiger partial charge in [0.05, 0.1) is 4.90 Å². The minimum absolute atomic E-state index is 0.0969. The number of thiophene rings is 1. The van der Waals surface area contributed by atoms with Crippen molar-refractivity contribution in [3.8, 4) is 0 Å². The zero-order chi connectivity index (χ0) is 13.2. The average molecular weight is 291 g/mol. The summed E-state index contributed by atoms with van der Waals surface area (Å²) in [5.41, 5.74) is -1.46. The molecule has 1 aromatic rings. The zero-order valence-electron chi connectivity index (χ0n) is 9.46. The van der Waals surface area contributed by atoms with Crippen LogP contribution in [0.5, 0.6) is 0 Å². The largest absolute Gasteiger partial charge is 0.480 e. The molecule has 1 aromatic heterocycles. The van der Waals surface area contributed by atoms with E-state index in [9.17, 15) is 18.3 Å². The maximum atomic E-state index is 12.1. The van der Waals surface area contributed by atoms with Gasteiger partial charge in [0.15, 0.2) is 0 Å². The number of nitrogens with one attached hydrogen (secondary N) is 1. The van der Waals surface area contributed by atoms with Gasteiger partial charge in [0.2, 0.25) is 10.0 Å². The molecule has 0 unspecified atom stereocenters. The Morgan fingerprint density at radius 1 is 1.44 bits per heavy atom. The molecule has 0 aromatic carbocycles. The van der Waals surface area contributed by atoms with Gasteiger partial charge in [0, 0.05) is 31.4 Å². The van der Waals surface area contributed by atoms with Crippen LogP contribution >= 0.6 is 11.3 Å². The third-order valence-corrected chi connectivity index (χ3v) is 5.26. The van der Waals surface area contributed by atoms with Gasteiger partial charge in [-0.15, -0.1) is 0 Å². The predicted molar refractivity (Wildman–Crippen MR) is 65.1 cm³/mol. The molecule has 1 aliphatic rings. The summed E-state index contributed by atoms with van der Waals surface area (Å²) >= 11 is 1.24. The molecule has 0 spiro atoms. The van der Waals surface area contributed by atoms with E-state index in [4.69, 9.17) is 4.74 Å². The van der Waals surface area contributed by atoms with Crippen LogP contribution in [0.2, 0.25) is 0 Å². The van der Waals surface area contributed by atoms with Crippen LogP contribution in [-0.4, -0.2) is 38.2 Å². The molecule has 1 aliphatic heterocycles. The quantitative estimate of drug-likeness (QED) is 0.850. The van der Waals surface area contributed by atoms with Gasteiger partial charge in [-0.1, -0.05) is 0 Å². The summed E-state index contributed by atoms with van der Waals surface area (Å²) in [6.07, 6.45) is 0.261. The lowest BCUT2D eigenvalue weighted by atomic mass is 9.92. The fourth-order valence-corrected chi connectivity index (χ4v) is 4.25. The van der Waals surface area contributed by atoms with E-state index in [0.29, 0.717) is 0 Å². The Morgan fingerprint density at radius 2 is 2.11 bits per heavy atom. The Hall–Kier alpha value is -0.960. The number of sulfonamides is 1. The highest BCUT2D eigenvalue weighted by atomic mass is 32.2. The topological polar surface area (TPSA) is 92.7 Å². The maximum absolute atomic E-state index is 12.1. The Morgan fingerprint density at radius 3 is 2.61 bits per heavy atom. The molecule has 0 atom stereocenters. The molecule has 0 saturated carbocycles. The van der Waals surface area contributed by atoms with E-state index in [2.05, 4.69) is 4.72 Å². The van der Waals surface area contributed by atoms with E-state index in [1.165, 1.54) is 22.8 Å². The van der Waals surface area contributed by atoms with Gasteiger partial charge < -0.3 is 9.84 Å². The Labute approximate surface area is 109 Å². The summed E-state index contributed by atoms with van der Waals surface area (Å²) < 4.78 is 31.5. The molecule has 2 rings (SSSR count). The molecule has 18 heavy (non-hydrogen) atoms. The van der Waals surface area contributed by atoms with Crippen LogP contribution in [0.1, 0.15) is 12.8 Å². The van der Waals surface area contributed by atoms with E-state index in [-0.39, 0.29) is 31.0 Å². The fourth-order valence-electron chi connectivity index (χ4n) is 1.80. The molecule has 1 saturated heterocycles. The first-order valence-corrected chi connectivity index (χ1v) is 7.76. The Balaban J connectivity index is 2.27. The maximum Gasteiger partial charge on any atom is 0.325 e. The van der Waals surface area contributed by atoms with Crippen molar-refractivity contribution in [1.29, 1.82) is 0 Å². The molecule has 1 fully saturated rings. The molecule has 100 valence electrons. The van der Waals surface area contributed by atoms with Gasteiger partial charge in [-0.3, -0.25) is 4.79 Å². The summed E-state index contributed by atoms with van der Waals surface area (Å²) in [5, 5.41) is 12.4. The third kappa shape index (κ3) is 2.56. The highest BCUT2D eigenvalue weighted by molar-refractivity contribution is 7.89. The molecular formula is C10H13NO5S2. The number of carbonyl (C=O) groups is 1. The highest BCUT2D eigenvalue weighted by Crippen LogP contribution is 2.24. The first-order valence-electron chi connectivity index (χ1n) is 5.34. The van der Waals surface area contributed by atoms with Crippen molar-refractivity contribution in [1.82, 2.24) is 4.72 Å². The second-order valence-electron chi connectivity index (χ2n) is 4.06. The monoisotopic (exact) mass is 291 g/mol. The first kappa shape index (κ1) is 13.5. The predicted octanol–water partition coefficient (Wildman–Crippen LogP) is 0.660. The summed E-state index contributed by atoms with van der Waals surface area (Å²) in [7, 11) is -3.80. The van der Waals surface area contributed by atoms with Crippen LogP contribution in [-0.2, 0) is 19.6 Å². The van der Waals surface area contributed by atoms with Gasteiger partial charge in [-0.2, -0.15) is 16.1 Å². The smallest absolute Gasteiger partial charge is 0.325 e. The van der Waals surface area contributed by atoms with Crippen molar-refractivity contribution in [2.45, 2.75) is 23.3 Å². The summed E-state index contributed by atoms with van der Waals surface area (Å²) in [5.74, 6) is -1.16. The average Bonchev–Trinajstić information content (AvgIpc) is 2.83. The van der Waals surface area contributed by atoms with Crippen LogP contribution in [0.4, 0.5) is 0 Å². The standard InChI is InChI=1S/C10H13NO5S2/c12-9(13)10(2-4-16-5-3-10)11-18(14,15)8-1-6-17-7-8/h1,6-7,11H,2-5H2,(H,12,13). The van der Waals surface area contributed by atoms with Crippen molar-refractivity contribution >= 4 is 27.3 Å². The third-order valence-electron chi connectivity index (χ3n) is 2.89. The minimum atomic E-state index is -3.80. The lowest BCUT2D eigenvalue weighted by molar-refractivity contribution is -0.147. The summed E-state index contributed by atoms with van der Waals surface area (Å²) in [6, 6.07) is 1.45. The molecule has 8 heteroatoms. The molecule has 6 nitrogen and oxygen atoms in total. The van der Waals surface area contributed by atoms with Crippen molar-refractivity contribution in [2.75, 3.05) is 13.2 Å². The van der Waals surface area contributed by atoms with E-state index < -0.39 is 21.5 Å². The number of hydrogen-bond donors (Lipinski definition) is 2. The highest BCUT2D eigenvalue weighted by Gasteiger charge is 2.43. The van der Waals surface area contributed by atoms with Gasteiger partial charge in [0.1, 0.15) is 5.54 Å². The van der Waals surface area contributed by atoms with Gasteiger partial charge in [0.25, 0.3) is 0 Å². The van der Waals surface area contributed by atoms with E-state index in [1.54, 1.807) is 5.38 Å². The molecule has 0 aliphatic carbocycles. The van der Waals surface area contributed by atoms with Crippen molar-refractivity contribution in [2.24, 2.45) is 0 Å². The molecule has 0 amide bonds. The number of rotatable bonds is 4. The van der Waals surface area contributed by atoms with Gasteiger partial charge in [-0.25, -0.2) is 8.42 Å². The van der Waals surface area contributed by atoms with Gasteiger partial charge in [-0.05, 0) is 11.4 Å². The number of aliphatic carboxylic acids is 1. The Kier molecular flexibility index (Phi) is 3.71. The number of carboxylic acid groups (broad SMARTS) is 1. The lowest BCUT2D eigenvalue weighted by Crippen LogP contribution is -2.57. The summed E-state index contributed by atoms with van der Waals surface area (Å²) in [4.78, 5) is 11.4. The molecule has 0 bridgehead atoms. The molecule has 0 radical (unpaired) electrons. The van der Waals surface area contributed by atoms with E-state index in [1.807, 2.05) is 0 Å². The van der Waals surface area contributed by atoms with Crippen molar-refractivity contribution in [3.05, 3.63) is 16.8 Å². The molecule has 2 heterocycles. The van der Waals surface area contributed by atoms with Crippen LogP contribution in [0, 0.1) is 0 Å². The Bertz CT molecular complexity index is 516. The second kappa shape index (κ2) is 4.96. The first-order chi connectivity index (χ1) is 8.46.